The molecule has 0 saturated heterocycles. The molecule has 0 aliphatic carbocycles. The molecule has 1 heterocycles. The fourth-order valence-corrected chi connectivity index (χ4v) is 2.40. The van der Waals surface area contributed by atoms with Gasteiger partial charge in [0.2, 0.25) is 0 Å². The van der Waals surface area contributed by atoms with Crippen molar-refractivity contribution >= 4 is 17.2 Å². The van der Waals surface area contributed by atoms with Crippen LogP contribution in [-0.4, -0.2) is 14.1 Å². The van der Waals surface area contributed by atoms with E-state index in [0.29, 0.717) is 12.8 Å². The van der Waals surface area contributed by atoms with E-state index in [1.165, 1.54) is 16.7 Å². The predicted octanol–water partition coefficient (Wildman–Crippen LogP) is 0.735. The second-order valence-electron chi connectivity index (χ2n) is 5.36. The summed E-state index contributed by atoms with van der Waals surface area (Å²) in [5.74, 6) is -0.0562. The zero-order valence-corrected chi connectivity index (χ0v) is 13.3. The van der Waals surface area contributed by atoms with Gasteiger partial charge in [-0.3, -0.25) is 24.0 Å². The van der Waals surface area contributed by atoms with Gasteiger partial charge in [-0.2, -0.15) is 0 Å². The molecule has 0 amide bonds. The molecule has 0 fully saturated rings. The lowest BCUT2D eigenvalue weighted by molar-refractivity contribution is -0.384. The Morgan fingerprint density at radius 1 is 1.08 bits per heavy atom. The third-order valence-corrected chi connectivity index (χ3v) is 3.72. The Balaban J connectivity index is 2.31. The Morgan fingerprint density at radius 2 is 1.71 bits per heavy atom. The monoisotopic (exact) mass is 333 g/mol. The number of hydrogen-bond acceptors (Lipinski definition) is 6. The summed E-state index contributed by atoms with van der Waals surface area (Å²) in [6, 6.07) is 6.03. The highest BCUT2D eigenvalue weighted by atomic mass is 16.6. The van der Waals surface area contributed by atoms with Crippen LogP contribution in [0, 0.1) is 10.1 Å². The van der Waals surface area contributed by atoms with E-state index in [1.807, 2.05) is 6.92 Å². The number of nitrogen functional groups attached to an aromatic ring is 2. The number of benzene rings is 1. The maximum atomic E-state index is 12.4. The first kappa shape index (κ1) is 17.3. The predicted molar refractivity (Wildman–Crippen MR) is 90.9 cm³/mol. The molecule has 24 heavy (non-hydrogen) atoms. The molecule has 0 aliphatic rings. The van der Waals surface area contributed by atoms with Gasteiger partial charge in [0.15, 0.2) is 0 Å². The Bertz CT molecular complexity index is 867. The minimum Gasteiger partial charge on any atom is -0.391 e. The van der Waals surface area contributed by atoms with Crippen LogP contribution in [0.3, 0.4) is 0 Å². The summed E-state index contributed by atoms with van der Waals surface area (Å²) in [7, 11) is 0. The molecule has 0 bridgehead atoms. The van der Waals surface area contributed by atoms with Crippen LogP contribution < -0.4 is 22.7 Å². The number of nitro benzene ring substituents is 1. The fourth-order valence-electron chi connectivity index (χ4n) is 2.40. The average Bonchev–Trinajstić information content (AvgIpc) is 2.57. The standard InChI is InChI=1S/C15H19N5O4/c1-2-8-19-14(21)12(16)13(17)18(15(19)22)9-7-10-3-5-11(6-4-10)20(23)24/h3-6H,2,7-9,16-17H2,1H3. The summed E-state index contributed by atoms with van der Waals surface area (Å²) in [4.78, 5) is 34.6. The number of hydrogen-bond donors (Lipinski definition) is 2. The molecular weight excluding hydrogens is 314 g/mol. The molecule has 9 nitrogen and oxygen atoms in total. The van der Waals surface area contributed by atoms with Crippen LogP contribution in [0.15, 0.2) is 33.9 Å². The summed E-state index contributed by atoms with van der Waals surface area (Å²) < 4.78 is 2.33. The summed E-state index contributed by atoms with van der Waals surface area (Å²) >= 11 is 0. The number of nitrogens with zero attached hydrogens (tertiary/aromatic N) is 3. The van der Waals surface area contributed by atoms with Gasteiger partial charge < -0.3 is 11.5 Å². The van der Waals surface area contributed by atoms with E-state index in [1.54, 1.807) is 12.1 Å². The first-order valence-corrected chi connectivity index (χ1v) is 7.48. The molecule has 0 radical (unpaired) electrons. The van der Waals surface area contributed by atoms with E-state index in [0.717, 1.165) is 10.1 Å². The molecular formula is C15H19N5O4. The third kappa shape index (κ3) is 3.29. The van der Waals surface area contributed by atoms with Gasteiger partial charge in [0.25, 0.3) is 11.2 Å². The van der Waals surface area contributed by atoms with Crippen molar-refractivity contribution in [2.24, 2.45) is 0 Å². The highest BCUT2D eigenvalue weighted by Crippen LogP contribution is 2.13. The molecule has 0 spiro atoms. The number of anilines is 2. The minimum atomic E-state index is -0.578. The third-order valence-electron chi connectivity index (χ3n) is 3.72. The highest BCUT2D eigenvalue weighted by Gasteiger charge is 2.14. The number of aromatic nitrogens is 2. The van der Waals surface area contributed by atoms with Gasteiger partial charge in [-0.05, 0) is 18.4 Å². The van der Waals surface area contributed by atoms with Crippen LogP contribution in [0.25, 0.3) is 0 Å². The zero-order valence-electron chi connectivity index (χ0n) is 13.3. The van der Waals surface area contributed by atoms with E-state index in [-0.39, 0.29) is 30.3 Å². The largest absolute Gasteiger partial charge is 0.391 e. The van der Waals surface area contributed by atoms with Crippen molar-refractivity contribution < 1.29 is 4.92 Å². The first-order valence-electron chi connectivity index (χ1n) is 7.48. The first-order chi connectivity index (χ1) is 11.4. The lowest BCUT2D eigenvalue weighted by atomic mass is 10.1. The lowest BCUT2D eigenvalue weighted by Crippen LogP contribution is -2.42. The molecule has 1 aromatic carbocycles. The van der Waals surface area contributed by atoms with Crippen LogP contribution in [0.2, 0.25) is 0 Å². The van der Waals surface area contributed by atoms with Crippen LogP contribution in [0.5, 0.6) is 0 Å². The second-order valence-corrected chi connectivity index (χ2v) is 5.36. The van der Waals surface area contributed by atoms with E-state index >= 15 is 0 Å². The van der Waals surface area contributed by atoms with Crippen molar-refractivity contribution in [1.29, 1.82) is 0 Å². The van der Waals surface area contributed by atoms with Crippen LogP contribution >= 0.6 is 0 Å². The normalized spacial score (nSPS) is 10.7. The van der Waals surface area contributed by atoms with E-state index in [9.17, 15) is 19.7 Å². The Morgan fingerprint density at radius 3 is 2.25 bits per heavy atom. The average molecular weight is 333 g/mol. The van der Waals surface area contributed by atoms with E-state index in [4.69, 9.17) is 11.5 Å². The summed E-state index contributed by atoms with van der Waals surface area (Å²) in [5.41, 5.74) is 11.1. The maximum Gasteiger partial charge on any atom is 0.332 e. The summed E-state index contributed by atoms with van der Waals surface area (Å²) in [6.07, 6.45) is 1.03. The smallest absolute Gasteiger partial charge is 0.332 e. The quantitative estimate of drug-likeness (QED) is 0.590. The Labute approximate surface area is 137 Å². The van der Waals surface area contributed by atoms with E-state index in [2.05, 4.69) is 0 Å². The van der Waals surface area contributed by atoms with Crippen molar-refractivity contribution in [1.82, 2.24) is 9.13 Å². The van der Waals surface area contributed by atoms with Crippen LogP contribution in [-0.2, 0) is 19.5 Å². The molecule has 0 aliphatic heterocycles. The molecule has 9 heteroatoms. The second kappa shape index (κ2) is 6.99. The lowest BCUT2D eigenvalue weighted by Gasteiger charge is -2.14. The van der Waals surface area contributed by atoms with Gasteiger partial charge in [0.1, 0.15) is 11.5 Å². The highest BCUT2D eigenvalue weighted by molar-refractivity contribution is 5.56. The molecule has 4 N–H and O–H groups in total. The Hall–Kier alpha value is -3.10. The number of non-ortho nitro benzene ring substituents is 1. The van der Waals surface area contributed by atoms with Gasteiger partial charge in [-0.25, -0.2) is 4.79 Å². The SMILES string of the molecule is CCCn1c(=O)c(N)c(N)n(CCc2ccc([N+](=O)[O-])cc2)c1=O. The van der Waals surface area contributed by atoms with Crippen molar-refractivity contribution in [3.8, 4) is 0 Å². The number of rotatable bonds is 6. The van der Waals surface area contributed by atoms with Crippen molar-refractivity contribution in [3.05, 3.63) is 60.8 Å². The minimum absolute atomic E-state index is 0.00355. The van der Waals surface area contributed by atoms with Crippen molar-refractivity contribution in [3.63, 3.8) is 0 Å². The molecule has 0 unspecified atom stereocenters. The van der Waals surface area contributed by atoms with Crippen molar-refractivity contribution in [2.45, 2.75) is 32.9 Å². The van der Waals surface area contributed by atoms with Crippen molar-refractivity contribution in [2.75, 3.05) is 11.5 Å². The van der Waals surface area contributed by atoms with Gasteiger partial charge in [0.05, 0.1) is 4.92 Å². The zero-order chi connectivity index (χ0) is 17.9. The fraction of sp³-hybridized carbons (Fsp3) is 0.333. The topological polar surface area (TPSA) is 139 Å². The van der Waals surface area contributed by atoms with Gasteiger partial charge in [-0.15, -0.1) is 0 Å². The molecule has 2 rings (SSSR count). The molecule has 0 atom stereocenters. The van der Waals surface area contributed by atoms with Gasteiger partial charge in [-0.1, -0.05) is 19.1 Å². The summed E-state index contributed by atoms with van der Waals surface area (Å²) in [5, 5.41) is 10.6. The number of nitrogens with two attached hydrogens (primary N) is 2. The van der Waals surface area contributed by atoms with E-state index < -0.39 is 16.2 Å². The van der Waals surface area contributed by atoms with Gasteiger partial charge in [0, 0.05) is 25.2 Å². The Kier molecular flexibility index (Phi) is 5.02. The molecule has 0 saturated carbocycles. The van der Waals surface area contributed by atoms with Gasteiger partial charge >= 0.3 is 5.69 Å². The van der Waals surface area contributed by atoms with Crippen LogP contribution in [0.4, 0.5) is 17.2 Å². The number of nitro groups is 1. The molecule has 2 aromatic rings. The molecule has 1 aromatic heterocycles. The molecule has 128 valence electrons. The van der Waals surface area contributed by atoms with Crippen LogP contribution in [0.1, 0.15) is 18.9 Å². The number of aryl methyl sites for hydroxylation is 1. The summed E-state index contributed by atoms with van der Waals surface area (Å²) in [6.45, 7) is 2.33. The maximum absolute atomic E-state index is 12.4.